The summed E-state index contributed by atoms with van der Waals surface area (Å²) in [7, 11) is 0. The maximum absolute atomic E-state index is 11.2. The summed E-state index contributed by atoms with van der Waals surface area (Å²) in [5, 5.41) is 3.44. The summed E-state index contributed by atoms with van der Waals surface area (Å²) >= 11 is 0. The van der Waals surface area contributed by atoms with Gasteiger partial charge in [0.25, 0.3) is 0 Å². The van der Waals surface area contributed by atoms with Crippen LogP contribution in [0, 0.1) is 5.92 Å². The molecule has 0 unspecified atom stereocenters. The third kappa shape index (κ3) is 1.59. The van der Waals surface area contributed by atoms with Crippen molar-refractivity contribution in [1.29, 1.82) is 0 Å². The molecule has 0 aromatic heterocycles. The van der Waals surface area contributed by atoms with E-state index in [2.05, 4.69) is 9.99 Å². The van der Waals surface area contributed by atoms with E-state index in [0.29, 0.717) is 6.42 Å². The highest BCUT2D eigenvalue weighted by Gasteiger charge is 2.30. The molecule has 1 aliphatic heterocycles. The van der Waals surface area contributed by atoms with Crippen LogP contribution in [0.25, 0.3) is 0 Å². The lowest BCUT2D eigenvalue weighted by Gasteiger charge is -2.04. The maximum Gasteiger partial charge on any atom is 0.346 e. The summed E-state index contributed by atoms with van der Waals surface area (Å²) in [5.74, 6) is -0.525. The zero-order valence-corrected chi connectivity index (χ0v) is 7.51. The lowest BCUT2D eigenvalue weighted by molar-refractivity contribution is -0.143. The monoisotopic (exact) mass is 190 g/mol. The van der Waals surface area contributed by atoms with Crippen LogP contribution in [0.15, 0.2) is 35.5 Å². The Morgan fingerprint density at radius 2 is 2.07 bits per heavy atom. The number of hydrogen-bond donors (Lipinski definition) is 1. The number of oxime groups is 1. The second kappa shape index (κ2) is 3.49. The average Bonchev–Trinajstić information content (AvgIpc) is 2.51. The van der Waals surface area contributed by atoms with Gasteiger partial charge >= 0.3 is 5.97 Å². The molecular formula is C10H10N2O2. The molecule has 1 heterocycles. The van der Waals surface area contributed by atoms with Crippen molar-refractivity contribution in [3.05, 3.63) is 35.9 Å². The fraction of sp³-hybridized carbons (Fsp3) is 0.200. The van der Waals surface area contributed by atoms with E-state index in [4.69, 9.17) is 5.73 Å². The Morgan fingerprint density at radius 3 is 2.64 bits per heavy atom. The van der Waals surface area contributed by atoms with Crippen molar-refractivity contribution < 1.29 is 9.63 Å². The number of hydrogen-bond acceptors (Lipinski definition) is 4. The quantitative estimate of drug-likeness (QED) is 0.697. The third-order valence-corrected chi connectivity index (χ3v) is 2.17. The van der Waals surface area contributed by atoms with Crippen LogP contribution in [0.1, 0.15) is 5.56 Å². The largest absolute Gasteiger partial charge is 0.384 e. The van der Waals surface area contributed by atoms with Gasteiger partial charge in [0.05, 0.1) is 0 Å². The molecule has 1 aromatic carbocycles. The Balaban J connectivity index is 2.12. The molecule has 72 valence electrons. The topological polar surface area (TPSA) is 64.7 Å². The average molecular weight is 190 g/mol. The Morgan fingerprint density at radius 1 is 1.36 bits per heavy atom. The van der Waals surface area contributed by atoms with Crippen LogP contribution < -0.4 is 5.73 Å². The standard InChI is InChI=1S/C10H10N2O2/c11-9-8(10(13)14-12-9)6-7-4-2-1-3-5-7/h1-5,8H,6H2,(H2,11,12)/t8-/m1/s1. The Bertz CT molecular complexity index is 373. The fourth-order valence-corrected chi connectivity index (χ4v) is 1.38. The highest BCUT2D eigenvalue weighted by atomic mass is 16.7. The molecule has 0 amide bonds. The summed E-state index contributed by atoms with van der Waals surface area (Å²) in [5.41, 5.74) is 6.57. The molecule has 2 N–H and O–H groups in total. The van der Waals surface area contributed by atoms with Gasteiger partial charge in [-0.1, -0.05) is 35.5 Å². The van der Waals surface area contributed by atoms with Crippen molar-refractivity contribution in [1.82, 2.24) is 0 Å². The van der Waals surface area contributed by atoms with Gasteiger partial charge in [0.15, 0.2) is 5.84 Å². The predicted octanol–water partition coefficient (Wildman–Crippen LogP) is 0.674. The first-order chi connectivity index (χ1) is 6.77. The van der Waals surface area contributed by atoms with Crippen molar-refractivity contribution >= 4 is 11.8 Å². The first kappa shape index (κ1) is 8.74. The van der Waals surface area contributed by atoms with E-state index in [-0.39, 0.29) is 11.8 Å². The molecule has 1 atom stereocenters. The van der Waals surface area contributed by atoms with Gasteiger partial charge in [-0.3, -0.25) is 0 Å². The molecule has 0 bridgehead atoms. The molecule has 4 heteroatoms. The number of nitrogens with two attached hydrogens (primary N) is 1. The van der Waals surface area contributed by atoms with Crippen LogP contribution in [0.3, 0.4) is 0 Å². The Kier molecular flexibility index (Phi) is 2.18. The molecule has 0 spiro atoms. The van der Waals surface area contributed by atoms with Crippen LogP contribution in [0.4, 0.5) is 0 Å². The van der Waals surface area contributed by atoms with Crippen LogP contribution in [-0.2, 0) is 16.1 Å². The smallest absolute Gasteiger partial charge is 0.346 e. The molecule has 0 fully saturated rings. The maximum atomic E-state index is 11.2. The molecule has 0 saturated heterocycles. The van der Waals surface area contributed by atoms with Gasteiger partial charge < -0.3 is 10.6 Å². The summed E-state index contributed by atoms with van der Waals surface area (Å²) in [6.07, 6.45) is 0.551. The van der Waals surface area contributed by atoms with Gasteiger partial charge in [-0.15, -0.1) is 0 Å². The molecule has 0 saturated carbocycles. The van der Waals surface area contributed by atoms with Gasteiger partial charge in [-0.05, 0) is 12.0 Å². The molecule has 14 heavy (non-hydrogen) atoms. The van der Waals surface area contributed by atoms with Gasteiger partial charge in [-0.2, -0.15) is 0 Å². The second-order valence-corrected chi connectivity index (χ2v) is 3.17. The number of amidine groups is 1. The van der Waals surface area contributed by atoms with Gasteiger partial charge in [-0.25, -0.2) is 4.79 Å². The molecule has 0 aliphatic carbocycles. The summed E-state index contributed by atoms with van der Waals surface area (Å²) in [6.45, 7) is 0. The van der Waals surface area contributed by atoms with E-state index >= 15 is 0 Å². The van der Waals surface area contributed by atoms with Gasteiger partial charge in [0.1, 0.15) is 5.92 Å². The minimum absolute atomic E-state index is 0.263. The van der Waals surface area contributed by atoms with E-state index in [9.17, 15) is 4.79 Å². The van der Waals surface area contributed by atoms with Crippen LogP contribution >= 0.6 is 0 Å². The SMILES string of the molecule is NC1=NOC(=O)[C@@H]1Cc1ccccc1. The van der Waals surface area contributed by atoms with Crippen molar-refractivity contribution in [3.63, 3.8) is 0 Å². The Hall–Kier alpha value is -1.84. The van der Waals surface area contributed by atoms with E-state index in [1.165, 1.54) is 0 Å². The number of carbonyl (C=O) groups excluding carboxylic acids is 1. The zero-order chi connectivity index (χ0) is 9.97. The molecule has 1 aliphatic rings. The first-order valence-corrected chi connectivity index (χ1v) is 4.35. The second-order valence-electron chi connectivity index (χ2n) is 3.17. The van der Waals surface area contributed by atoms with Gasteiger partial charge in [0, 0.05) is 0 Å². The number of nitrogens with zero attached hydrogens (tertiary/aromatic N) is 1. The van der Waals surface area contributed by atoms with Crippen LogP contribution in [0.5, 0.6) is 0 Å². The summed E-state index contributed by atoms with van der Waals surface area (Å²) in [4.78, 5) is 15.6. The number of carbonyl (C=O) groups is 1. The molecule has 1 aromatic rings. The fourth-order valence-electron chi connectivity index (χ4n) is 1.38. The van der Waals surface area contributed by atoms with E-state index in [0.717, 1.165) is 5.56 Å². The number of benzene rings is 1. The predicted molar refractivity (Wildman–Crippen MR) is 51.4 cm³/mol. The minimum atomic E-state index is -0.419. The van der Waals surface area contributed by atoms with Crippen molar-refractivity contribution in [3.8, 4) is 0 Å². The highest BCUT2D eigenvalue weighted by Crippen LogP contribution is 2.15. The van der Waals surface area contributed by atoms with Crippen LogP contribution in [-0.4, -0.2) is 11.8 Å². The lowest BCUT2D eigenvalue weighted by atomic mass is 9.99. The first-order valence-electron chi connectivity index (χ1n) is 4.35. The van der Waals surface area contributed by atoms with E-state index < -0.39 is 5.92 Å². The van der Waals surface area contributed by atoms with E-state index in [1.54, 1.807) is 0 Å². The summed E-state index contributed by atoms with van der Waals surface area (Å²) < 4.78 is 0. The Labute approximate surface area is 81.3 Å². The third-order valence-electron chi connectivity index (χ3n) is 2.17. The minimum Gasteiger partial charge on any atom is -0.384 e. The van der Waals surface area contributed by atoms with Crippen molar-refractivity contribution in [2.75, 3.05) is 0 Å². The number of rotatable bonds is 2. The molecule has 0 radical (unpaired) electrons. The van der Waals surface area contributed by atoms with Crippen molar-refractivity contribution in [2.24, 2.45) is 16.8 Å². The lowest BCUT2D eigenvalue weighted by Crippen LogP contribution is -2.26. The normalized spacial score (nSPS) is 20.4. The zero-order valence-electron chi connectivity index (χ0n) is 7.51. The van der Waals surface area contributed by atoms with Crippen molar-refractivity contribution in [2.45, 2.75) is 6.42 Å². The molecule has 2 rings (SSSR count). The van der Waals surface area contributed by atoms with Gasteiger partial charge in [0.2, 0.25) is 0 Å². The highest BCUT2D eigenvalue weighted by molar-refractivity contribution is 6.03. The summed E-state index contributed by atoms with van der Waals surface area (Å²) in [6, 6.07) is 9.65. The molecule has 4 nitrogen and oxygen atoms in total. The van der Waals surface area contributed by atoms with E-state index in [1.807, 2.05) is 30.3 Å². The van der Waals surface area contributed by atoms with Crippen LogP contribution in [0.2, 0.25) is 0 Å². The molecular weight excluding hydrogens is 180 g/mol.